The molecule has 1 unspecified atom stereocenters. The van der Waals surface area contributed by atoms with Gasteiger partial charge in [-0.25, -0.2) is 4.39 Å². The maximum absolute atomic E-state index is 13.2. The first kappa shape index (κ1) is 11.5. The minimum Gasteiger partial charge on any atom is -0.388 e. The minimum atomic E-state index is -0.664. The molecule has 0 radical (unpaired) electrons. The van der Waals surface area contributed by atoms with Crippen LogP contribution in [0.1, 0.15) is 24.5 Å². The summed E-state index contributed by atoms with van der Waals surface area (Å²) in [7, 11) is 0. The highest BCUT2D eigenvalue weighted by molar-refractivity contribution is 7.98. The van der Waals surface area contributed by atoms with Gasteiger partial charge in [0.2, 0.25) is 0 Å². The van der Waals surface area contributed by atoms with Crippen LogP contribution in [0.5, 0.6) is 0 Å². The van der Waals surface area contributed by atoms with E-state index in [9.17, 15) is 9.50 Å². The van der Waals surface area contributed by atoms with Crippen LogP contribution in [-0.2, 0) is 0 Å². The first-order valence-electron chi connectivity index (χ1n) is 4.67. The number of hydrogen-bond acceptors (Lipinski definition) is 2. The normalized spacial score (nSPS) is 12.8. The molecule has 0 saturated carbocycles. The van der Waals surface area contributed by atoms with Crippen molar-refractivity contribution in [2.24, 2.45) is 0 Å². The number of aliphatic hydroxyl groups is 1. The van der Waals surface area contributed by atoms with Crippen molar-refractivity contribution in [2.75, 3.05) is 12.0 Å². The predicted molar refractivity (Wildman–Crippen MR) is 59.0 cm³/mol. The maximum Gasteiger partial charge on any atom is 0.128 e. The van der Waals surface area contributed by atoms with Crippen LogP contribution < -0.4 is 0 Å². The van der Waals surface area contributed by atoms with Crippen LogP contribution >= 0.6 is 11.8 Å². The molecule has 78 valence electrons. The van der Waals surface area contributed by atoms with Crippen LogP contribution in [0.25, 0.3) is 0 Å². The maximum atomic E-state index is 13.2. The van der Waals surface area contributed by atoms with Crippen LogP contribution in [0.2, 0.25) is 0 Å². The van der Waals surface area contributed by atoms with Crippen molar-refractivity contribution in [3.63, 3.8) is 0 Å². The molecule has 1 nitrogen and oxygen atoms in total. The molecule has 0 bridgehead atoms. The number of benzene rings is 1. The molecule has 0 saturated heterocycles. The highest BCUT2D eigenvalue weighted by Crippen LogP contribution is 2.21. The fourth-order valence-corrected chi connectivity index (χ4v) is 1.78. The van der Waals surface area contributed by atoms with E-state index >= 15 is 0 Å². The van der Waals surface area contributed by atoms with Gasteiger partial charge in [0, 0.05) is 5.56 Å². The molecular weight excluding hydrogens is 199 g/mol. The molecule has 0 heterocycles. The lowest BCUT2D eigenvalue weighted by Gasteiger charge is -2.10. The number of thioether (sulfide) groups is 1. The van der Waals surface area contributed by atoms with E-state index in [-0.39, 0.29) is 5.82 Å². The molecule has 1 atom stereocenters. The monoisotopic (exact) mass is 214 g/mol. The SMILES string of the molecule is CSCCCC(O)c1ccccc1F. The second kappa shape index (κ2) is 6.04. The fourth-order valence-electron chi connectivity index (χ4n) is 1.32. The van der Waals surface area contributed by atoms with Crippen LogP contribution in [0.15, 0.2) is 24.3 Å². The summed E-state index contributed by atoms with van der Waals surface area (Å²) >= 11 is 1.74. The van der Waals surface area contributed by atoms with Crippen LogP contribution in [-0.4, -0.2) is 17.1 Å². The number of aliphatic hydroxyl groups excluding tert-OH is 1. The van der Waals surface area contributed by atoms with Gasteiger partial charge < -0.3 is 5.11 Å². The Bertz CT molecular complexity index is 278. The highest BCUT2D eigenvalue weighted by atomic mass is 32.2. The Morgan fingerprint density at radius 2 is 2.14 bits per heavy atom. The van der Waals surface area contributed by atoms with Gasteiger partial charge in [0.05, 0.1) is 6.10 Å². The van der Waals surface area contributed by atoms with Gasteiger partial charge in [-0.05, 0) is 30.9 Å². The average molecular weight is 214 g/mol. The molecule has 0 spiro atoms. The number of hydrogen-bond donors (Lipinski definition) is 1. The van der Waals surface area contributed by atoms with E-state index in [0.29, 0.717) is 12.0 Å². The summed E-state index contributed by atoms with van der Waals surface area (Å²) in [5.74, 6) is 0.690. The van der Waals surface area contributed by atoms with Gasteiger partial charge in [0.15, 0.2) is 0 Å². The molecule has 0 aliphatic rings. The van der Waals surface area contributed by atoms with E-state index in [1.54, 1.807) is 30.0 Å². The predicted octanol–water partition coefficient (Wildman–Crippen LogP) is 3.00. The Kier molecular flexibility index (Phi) is 4.98. The molecule has 0 aromatic heterocycles. The smallest absolute Gasteiger partial charge is 0.128 e. The summed E-state index contributed by atoms with van der Waals surface area (Å²) in [4.78, 5) is 0. The van der Waals surface area contributed by atoms with Crippen molar-refractivity contribution >= 4 is 11.8 Å². The van der Waals surface area contributed by atoms with Gasteiger partial charge in [0.1, 0.15) is 5.82 Å². The summed E-state index contributed by atoms with van der Waals surface area (Å²) in [5.41, 5.74) is 0.411. The average Bonchev–Trinajstić information content (AvgIpc) is 2.18. The zero-order valence-corrected chi connectivity index (χ0v) is 9.06. The second-order valence-electron chi connectivity index (χ2n) is 3.17. The van der Waals surface area contributed by atoms with E-state index in [0.717, 1.165) is 12.2 Å². The Morgan fingerprint density at radius 1 is 1.43 bits per heavy atom. The van der Waals surface area contributed by atoms with E-state index in [4.69, 9.17) is 0 Å². The van der Waals surface area contributed by atoms with E-state index in [1.165, 1.54) is 6.07 Å². The third-order valence-corrected chi connectivity index (χ3v) is 2.79. The van der Waals surface area contributed by atoms with Gasteiger partial charge in [-0.3, -0.25) is 0 Å². The molecule has 0 aliphatic heterocycles. The van der Waals surface area contributed by atoms with Crippen LogP contribution in [0, 0.1) is 5.82 Å². The molecular formula is C11H15FOS. The largest absolute Gasteiger partial charge is 0.388 e. The zero-order valence-electron chi connectivity index (χ0n) is 8.24. The van der Waals surface area contributed by atoms with Gasteiger partial charge in [0.25, 0.3) is 0 Å². The third-order valence-electron chi connectivity index (χ3n) is 2.09. The van der Waals surface area contributed by atoms with Gasteiger partial charge in [-0.15, -0.1) is 0 Å². The summed E-state index contributed by atoms with van der Waals surface area (Å²) in [6, 6.07) is 6.40. The number of rotatable bonds is 5. The molecule has 0 amide bonds. The topological polar surface area (TPSA) is 20.2 Å². The minimum absolute atomic E-state index is 0.316. The molecule has 14 heavy (non-hydrogen) atoms. The Balaban J connectivity index is 2.51. The standard InChI is InChI=1S/C11H15FOS/c1-14-8-4-7-11(13)9-5-2-3-6-10(9)12/h2-3,5-6,11,13H,4,7-8H2,1H3. The molecule has 1 aromatic rings. The van der Waals surface area contributed by atoms with Gasteiger partial charge in [-0.1, -0.05) is 18.2 Å². The lowest BCUT2D eigenvalue weighted by atomic mass is 10.1. The van der Waals surface area contributed by atoms with Crippen molar-refractivity contribution in [3.8, 4) is 0 Å². The first-order valence-corrected chi connectivity index (χ1v) is 6.06. The number of halogens is 1. The van der Waals surface area contributed by atoms with Crippen molar-refractivity contribution in [1.29, 1.82) is 0 Å². The molecule has 1 aromatic carbocycles. The van der Waals surface area contributed by atoms with E-state index in [1.807, 2.05) is 6.26 Å². The molecule has 0 aliphatic carbocycles. The zero-order chi connectivity index (χ0) is 10.4. The van der Waals surface area contributed by atoms with E-state index in [2.05, 4.69) is 0 Å². The van der Waals surface area contributed by atoms with E-state index < -0.39 is 6.10 Å². The fraction of sp³-hybridized carbons (Fsp3) is 0.455. The second-order valence-corrected chi connectivity index (χ2v) is 4.16. The summed E-state index contributed by atoms with van der Waals surface area (Å²) < 4.78 is 13.2. The quantitative estimate of drug-likeness (QED) is 0.760. The first-order chi connectivity index (χ1) is 6.75. The lowest BCUT2D eigenvalue weighted by molar-refractivity contribution is 0.162. The van der Waals surface area contributed by atoms with Crippen LogP contribution in [0.4, 0.5) is 4.39 Å². The van der Waals surface area contributed by atoms with Gasteiger partial charge >= 0.3 is 0 Å². The van der Waals surface area contributed by atoms with Crippen molar-refractivity contribution in [2.45, 2.75) is 18.9 Å². The van der Waals surface area contributed by atoms with Crippen molar-refractivity contribution < 1.29 is 9.50 Å². The molecule has 3 heteroatoms. The van der Waals surface area contributed by atoms with Crippen LogP contribution in [0.3, 0.4) is 0 Å². The molecule has 1 rings (SSSR count). The van der Waals surface area contributed by atoms with Crippen molar-refractivity contribution in [3.05, 3.63) is 35.6 Å². The molecule has 1 N–H and O–H groups in total. The Morgan fingerprint density at radius 3 is 2.79 bits per heavy atom. The van der Waals surface area contributed by atoms with Crippen molar-refractivity contribution in [1.82, 2.24) is 0 Å². The Labute approximate surface area is 88.3 Å². The summed E-state index contributed by atoms with van der Waals surface area (Å²) in [6.45, 7) is 0. The summed E-state index contributed by atoms with van der Waals surface area (Å²) in [6.07, 6.45) is 2.90. The third kappa shape index (κ3) is 3.31. The lowest BCUT2D eigenvalue weighted by Crippen LogP contribution is -2.00. The Hall–Kier alpha value is -0.540. The molecule has 0 fully saturated rings. The highest BCUT2D eigenvalue weighted by Gasteiger charge is 2.10. The summed E-state index contributed by atoms with van der Waals surface area (Å²) in [5, 5.41) is 9.68. The van der Waals surface area contributed by atoms with Gasteiger partial charge in [-0.2, -0.15) is 11.8 Å².